The molecule has 5 heteroatoms. The zero-order valence-corrected chi connectivity index (χ0v) is 12.6. The van der Waals surface area contributed by atoms with Crippen LogP contribution in [0.1, 0.15) is 31.8 Å². The Labute approximate surface area is 133 Å². The van der Waals surface area contributed by atoms with Gasteiger partial charge in [0, 0.05) is 17.1 Å². The molecule has 0 bridgehead atoms. The zero-order chi connectivity index (χ0) is 15.1. The molecule has 0 heterocycles. The summed E-state index contributed by atoms with van der Waals surface area (Å²) >= 11 is 0. The van der Waals surface area contributed by atoms with Gasteiger partial charge in [-0.1, -0.05) is 36.4 Å². The van der Waals surface area contributed by atoms with Crippen molar-refractivity contribution in [3.63, 3.8) is 0 Å². The fraction of sp³-hybridized carbons (Fsp3) is 0.125. The van der Waals surface area contributed by atoms with Gasteiger partial charge in [-0.15, -0.1) is 0 Å². The Morgan fingerprint density at radius 2 is 1.00 bits per heavy atom. The van der Waals surface area contributed by atoms with E-state index in [-0.39, 0.29) is 17.1 Å². The fourth-order valence-electron chi connectivity index (χ4n) is 1.63. The largest absolute Gasteiger partial charge is 0.478 e. The Balaban J connectivity index is 0.000000364. The van der Waals surface area contributed by atoms with Crippen molar-refractivity contribution in [3.05, 3.63) is 70.8 Å². The molecular formula is C16H16CuO4. The summed E-state index contributed by atoms with van der Waals surface area (Å²) in [6, 6.07) is 13.8. The quantitative estimate of drug-likeness (QED) is 0.825. The molecule has 0 aliphatic rings. The Kier molecular flexibility index (Phi) is 8.05. The van der Waals surface area contributed by atoms with Crippen molar-refractivity contribution in [2.75, 3.05) is 0 Å². The van der Waals surface area contributed by atoms with Crippen LogP contribution in [0.4, 0.5) is 0 Å². The van der Waals surface area contributed by atoms with Crippen LogP contribution in [0.3, 0.4) is 0 Å². The molecule has 2 N–H and O–H groups in total. The summed E-state index contributed by atoms with van der Waals surface area (Å²) in [5.41, 5.74) is 2.36. The minimum Gasteiger partial charge on any atom is -0.478 e. The molecule has 0 saturated carbocycles. The third kappa shape index (κ3) is 5.81. The molecule has 2 rings (SSSR count). The van der Waals surface area contributed by atoms with Crippen molar-refractivity contribution in [3.8, 4) is 0 Å². The van der Waals surface area contributed by atoms with Crippen LogP contribution >= 0.6 is 0 Å². The standard InChI is InChI=1S/2C8H8O2.Cu/c2*1-6-4-2-3-5-7(6)8(9)10;/h2*2-5H,1H3,(H,9,10);. The number of hydrogen-bond donors (Lipinski definition) is 2. The van der Waals surface area contributed by atoms with Gasteiger partial charge in [0.1, 0.15) is 0 Å². The molecule has 0 fully saturated rings. The van der Waals surface area contributed by atoms with Crippen molar-refractivity contribution < 1.29 is 36.9 Å². The average Bonchev–Trinajstić information content (AvgIpc) is 2.40. The average molecular weight is 336 g/mol. The van der Waals surface area contributed by atoms with Gasteiger partial charge in [0.2, 0.25) is 0 Å². The van der Waals surface area contributed by atoms with Crippen molar-refractivity contribution in [2.45, 2.75) is 13.8 Å². The molecule has 115 valence electrons. The molecule has 0 aliphatic heterocycles. The number of carboxylic acids is 2. The third-order valence-electron chi connectivity index (χ3n) is 2.75. The smallest absolute Gasteiger partial charge is 0.335 e. The first-order valence-corrected chi connectivity index (χ1v) is 6.01. The minimum absolute atomic E-state index is 0. The third-order valence-corrected chi connectivity index (χ3v) is 2.75. The minimum atomic E-state index is -0.863. The first kappa shape index (κ1) is 18.9. The van der Waals surface area contributed by atoms with Gasteiger partial charge in [0.05, 0.1) is 11.1 Å². The monoisotopic (exact) mass is 335 g/mol. The van der Waals surface area contributed by atoms with E-state index in [1.165, 1.54) is 0 Å². The van der Waals surface area contributed by atoms with Crippen LogP contribution in [0.5, 0.6) is 0 Å². The zero-order valence-electron chi connectivity index (χ0n) is 11.6. The number of carbonyl (C=O) groups is 2. The summed E-state index contributed by atoms with van der Waals surface area (Å²) in [4.78, 5) is 20.8. The fourth-order valence-corrected chi connectivity index (χ4v) is 1.63. The molecule has 0 saturated heterocycles. The molecule has 2 aromatic rings. The van der Waals surface area contributed by atoms with E-state index in [4.69, 9.17) is 10.2 Å². The molecule has 0 atom stereocenters. The van der Waals surface area contributed by atoms with E-state index in [0.29, 0.717) is 11.1 Å². The number of carboxylic acid groups (broad SMARTS) is 2. The molecule has 0 aliphatic carbocycles. The van der Waals surface area contributed by atoms with Crippen molar-refractivity contribution in [2.24, 2.45) is 0 Å². The number of hydrogen-bond acceptors (Lipinski definition) is 2. The van der Waals surface area contributed by atoms with Gasteiger partial charge >= 0.3 is 11.9 Å². The van der Waals surface area contributed by atoms with E-state index >= 15 is 0 Å². The van der Waals surface area contributed by atoms with Crippen LogP contribution in [0.15, 0.2) is 48.5 Å². The van der Waals surface area contributed by atoms with Crippen LogP contribution in [0.25, 0.3) is 0 Å². The summed E-state index contributed by atoms with van der Waals surface area (Å²) in [7, 11) is 0. The Morgan fingerprint density at radius 1 is 0.714 bits per heavy atom. The van der Waals surface area contributed by atoms with Crippen molar-refractivity contribution in [1.29, 1.82) is 0 Å². The molecule has 0 spiro atoms. The summed E-state index contributed by atoms with van der Waals surface area (Å²) < 4.78 is 0. The van der Waals surface area contributed by atoms with Gasteiger partial charge < -0.3 is 10.2 Å². The SMILES string of the molecule is Cc1ccccc1C(=O)O.Cc1ccccc1C(=O)O.[Cu]. The van der Waals surface area contributed by atoms with Crippen LogP contribution in [-0.4, -0.2) is 22.2 Å². The molecular weight excluding hydrogens is 320 g/mol. The van der Waals surface area contributed by atoms with Gasteiger partial charge in [-0.3, -0.25) is 0 Å². The van der Waals surface area contributed by atoms with Gasteiger partial charge in [0.25, 0.3) is 0 Å². The van der Waals surface area contributed by atoms with Crippen LogP contribution in [-0.2, 0) is 17.1 Å². The Bertz CT molecular complexity index is 568. The van der Waals surface area contributed by atoms with Crippen LogP contribution < -0.4 is 0 Å². The maximum absolute atomic E-state index is 10.4. The van der Waals surface area contributed by atoms with E-state index in [2.05, 4.69) is 0 Å². The maximum Gasteiger partial charge on any atom is 0.335 e. The summed E-state index contributed by atoms with van der Waals surface area (Å²) in [5, 5.41) is 17.1. The molecule has 0 unspecified atom stereocenters. The second-order valence-electron chi connectivity index (χ2n) is 4.24. The van der Waals surface area contributed by atoms with Crippen LogP contribution in [0, 0.1) is 13.8 Å². The van der Waals surface area contributed by atoms with Crippen molar-refractivity contribution in [1.82, 2.24) is 0 Å². The molecule has 1 radical (unpaired) electrons. The molecule has 4 nitrogen and oxygen atoms in total. The Morgan fingerprint density at radius 3 is 1.19 bits per heavy atom. The topological polar surface area (TPSA) is 74.6 Å². The van der Waals surface area contributed by atoms with Gasteiger partial charge in [0.15, 0.2) is 0 Å². The van der Waals surface area contributed by atoms with Gasteiger partial charge in [-0.2, -0.15) is 0 Å². The van der Waals surface area contributed by atoms with E-state index < -0.39 is 11.9 Å². The maximum atomic E-state index is 10.4. The van der Waals surface area contributed by atoms with E-state index in [0.717, 1.165) is 11.1 Å². The number of aryl methyl sites for hydroxylation is 2. The second kappa shape index (κ2) is 8.95. The Hall–Kier alpha value is -2.10. The number of aromatic carboxylic acids is 2. The number of rotatable bonds is 2. The van der Waals surface area contributed by atoms with Crippen LogP contribution in [0.2, 0.25) is 0 Å². The second-order valence-corrected chi connectivity index (χ2v) is 4.24. The predicted octanol–water partition coefficient (Wildman–Crippen LogP) is 3.38. The van der Waals surface area contributed by atoms with E-state index in [1.807, 2.05) is 12.1 Å². The molecule has 0 amide bonds. The van der Waals surface area contributed by atoms with Crippen molar-refractivity contribution >= 4 is 11.9 Å². The molecule has 21 heavy (non-hydrogen) atoms. The van der Waals surface area contributed by atoms with E-state index in [9.17, 15) is 9.59 Å². The van der Waals surface area contributed by atoms with Gasteiger partial charge in [-0.05, 0) is 37.1 Å². The summed E-state index contributed by atoms with van der Waals surface area (Å²) in [6.07, 6.45) is 0. The predicted molar refractivity (Wildman–Crippen MR) is 76.3 cm³/mol. The summed E-state index contributed by atoms with van der Waals surface area (Å²) in [6.45, 7) is 3.56. The first-order chi connectivity index (χ1) is 9.43. The number of benzene rings is 2. The molecule has 0 aromatic heterocycles. The summed E-state index contributed by atoms with van der Waals surface area (Å²) in [5.74, 6) is -1.73. The molecule has 2 aromatic carbocycles. The van der Waals surface area contributed by atoms with Gasteiger partial charge in [-0.25, -0.2) is 9.59 Å². The van der Waals surface area contributed by atoms with E-state index in [1.54, 1.807) is 50.2 Å². The normalized spacial score (nSPS) is 8.86. The first-order valence-electron chi connectivity index (χ1n) is 6.01.